The normalized spacial score (nSPS) is 12.5. The van der Waals surface area contributed by atoms with E-state index in [4.69, 9.17) is 15.0 Å². The second kappa shape index (κ2) is 10.6. The van der Waals surface area contributed by atoms with Crippen molar-refractivity contribution >= 4 is 5.82 Å². The molecule has 0 radical (unpaired) electrons. The molecule has 4 aromatic rings. The highest BCUT2D eigenvalue weighted by molar-refractivity contribution is 5.49. The van der Waals surface area contributed by atoms with Crippen molar-refractivity contribution in [3.63, 3.8) is 0 Å². The molecule has 0 aliphatic heterocycles. The SMILES string of the molecule is OCC(O)COc1ccc(N=NC(c2ccccc2)(c2ccccc2)c2ccccc2)nn1. The van der Waals surface area contributed by atoms with Gasteiger partial charge in [0.05, 0.1) is 6.61 Å². The van der Waals surface area contributed by atoms with E-state index in [9.17, 15) is 5.11 Å². The summed E-state index contributed by atoms with van der Waals surface area (Å²) in [5.74, 6) is 0.541. The Morgan fingerprint density at radius 2 is 1.24 bits per heavy atom. The summed E-state index contributed by atoms with van der Waals surface area (Å²) >= 11 is 0. The number of benzene rings is 3. The van der Waals surface area contributed by atoms with Crippen molar-refractivity contribution in [1.29, 1.82) is 0 Å². The van der Waals surface area contributed by atoms with E-state index in [1.807, 2.05) is 91.0 Å². The van der Waals surface area contributed by atoms with Gasteiger partial charge in [0, 0.05) is 6.07 Å². The van der Waals surface area contributed by atoms with Gasteiger partial charge in [-0.15, -0.1) is 15.3 Å². The molecule has 0 amide bonds. The average Bonchev–Trinajstić information content (AvgIpc) is 2.90. The Labute approximate surface area is 192 Å². The van der Waals surface area contributed by atoms with Crippen LogP contribution in [0.1, 0.15) is 16.7 Å². The molecule has 1 aromatic heterocycles. The number of rotatable bonds is 9. The molecule has 1 atom stereocenters. The van der Waals surface area contributed by atoms with Crippen LogP contribution in [0.25, 0.3) is 0 Å². The molecule has 0 saturated carbocycles. The molecular weight excluding hydrogens is 416 g/mol. The van der Waals surface area contributed by atoms with Crippen LogP contribution in [0.5, 0.6) is 5.88 Å². The molecule has 0 saturated heterocycles. The molecule has 7 nitrogen and oxygen atoms in total. The Kier molecular flexibility index (Phi) is 7.14. The van der Waals surface area contributed by atoms with Crippen molar-refractivity contribution in [3.8, 4) is 5.88 Å². The average molecular weight is 441 g/mol. The van der Waals surface area contributed by atoms with Crippen molar-refractivity contribution in [1.82, 2.24) is 10.2 Å². The van der Waals surface area contributed by atoms with Gasteiger partial charge < -0.3 is 14.9 Å². The summed E-state index contributed by atoms with van der Waals surface area (Å²) in [4.78, 5) is 0. The lowest BCUT2D eigenvalue weighted by Gasteiger charge is -2.30. The Hall–Kier alpha value is -3.94. The molecule has 0 aliphatic carbocycles. The van der Waals surface area contributed by atoms with Crippen molar-refractivity contribution in [2.24, 2.45) is 10.2 Å². The van der Waals surface area contributed by atoms with Crippen LogP contribution in [0.15, 0.2) is 113 Å². The minimum Gasteiger partial charge on any atom is -0.474 e. The van der Waals surface area contributed by atoms with Gasteiger partial charge in [-0.25, -0.2) is 0 Å². The zero-order chi connectivity index (χ0) is 22.9. The van der Waals surface area contributed by atoms with Crippen LogP contribution in [0.2, 0.25) is 0 Å². The molecule has 2 N–H and O–H groups in total. The first-order chi connectivity index (χ1) is 16.2. The van der Waals surface area contributed by atoms with Gasteiger partial charge in [-0.2, -0.15) is 5.11 Å². The van der Waals surface area contributed by atoms with E-state index in [-0.39, 0.29) is 19.1 Å². The third-order valence-corrected chi connectivity index (χ3v) is 5.14. The Morgan fingerprint density at radius 1 is 0.727 bits per heavy atom. The molecule has 7 heteroatoms. The van der Waals surface area contributed by atoms with Crippen LogP contribution in [-0.2, 0) is 5.54 Å². The maximum atomic E-state index is 9.42. The Morgan fingerprint density at radius 3 is 1.67 bits per heavy atom. The lowest BCUT2D eigenvalue weighted by Crippen LogP contribution is -2.26. The monoisotopic (exact) mass is 440 g/mol. The van der Waals surface area contributed by atoms with E-state index in [1.165, 1.54) is 0 Å². The number of aromatic nitrogens is 2. The van der Waals surface area contributed by atoms with Gasteiger partial charge in [-0.05, 0) is 22.8 Å². The fraction of sp³-hybridized carbons (Fsp3) is 0.154. The molecule has 0 bridgehead atoms. The predicted molar refractivity (Wildman–Crippen MR) is 124 cm³/mol. The smallest absolute Gasteiger partial charge is 0.233 e. The van der Waals surface area contributed by atoms with Crippen LogP contribution in [-0.4, -0.2) is 39.7 Å². The van der Waals surface area contributed by atoms with E-state index >= 15 is 0 Å². The number of hydrogen-bond acceptors (Lipinski definition) is 7. The summed E-state index contributed by atoms with van der Waals surface area (Å²) < 4.78 is 5.31. The quantitative estimate of drug-likeness (QED) is 0.299. The second-order valence-electron chi connectivity index (χ2n) is 7.39. The summed E-state index contributed by atoms with van der Waals surface area (Å²) in [6, 6.07) is 33.3. The molecule has 33 heavy (non-hydrogen) atoms. The van der Waals surface area contributed by atoms with Crippen LogP contribution < -0.4 is 4.74 Å². The van der Waals surface area contributed by atoms with E-state index in [0.717, 1.165) is 16.7 Å². The summed E-state index contributed by atoms with van der Waals surface area (Å²) in [6.45, 7) is -0.467. The molecule has 166 valence electrons. The molecule has 1 unspecified atom stereocenters. The van der Waals surface area contributed by atoms with Crippen LogP contribution in [0, 0.1) is 0 Å². The lowest BCUT2D eigenvalue weighted by atomic mass is 9.78. The van der Waals surface area contributed by atoms with E-state index < -0.39 is 11.6 Å². The molecular formula is C26H24N4O3. The zero-order valence-corrected chi connectivity index (χ0v) is 17.9. The van der Waals surface area contributed by atoms with Crippen LogP contribution in [0.4, 0.5) is 5.82 Å². The van der Waals surface area contributed by atoms with E-state index in [2.05, 4.69) is 15.3 Å². The Bertz CT molecular complexity index is 1060. The van der Waals surface area contributed by atoms with Gasteiger partial charge in [0.15, 0.2) is 11.4 Å². The first-order valence-electron chi connectivity index (χ1n) is 10.6. The fourth-order valence-corrected chi connectivity index (χ4v) is 3.52. The largest absolute Gasteiger partial charge is 0.474 e. The molecule has 0 aliphatic rings. The van der Waals surface area contributed by atoms with Gasteiger partial charge in [-0.3, -0.25) is 0 Å². The summed E-state index contributed by atoms with van der Waals surface area (Å²) in [5, 5.41) is 35.7. The maximum absolute atomic E-state index is 9.42. The minimum atomic E-state index is -0.977. The minimum absolute atomic E-state index is 0.0782. The number of aliphatic hydroxyl groups excluding tert-OH is 2. The third kappa shape index (κ3) is 5.11. The maximum Gasteiger partial charge on any atom is 0.233 e. The molecule has 0 spiro atoms. The first-order valence-corrected chi connectivity index (χ1v) is 10.6. The summed E-state index contributed by atoms with van der Waals surface area (Å²) in [6.07, 6.45) is -0.977. The number of nitrogens with zero attached hydrogens (tertiary/aromatic N) is 4. The summed E-state index contributed by atoms with van der Waals surface area (Å²) in [7, 11) is 0. The zero-order valence-electron chi connectivity index (χ0n) is 17.9. The van der Waals surface area contributed by atoms with Gasteiger partial charge in [0.1, 0.15) is 12.7 Å². The van der Waals surface area contributed by atoms with Gasteiger partial charge in [0.25, 0.3) is 0 Å². The van der Waals surface area contributed by atoms with Crippen molar-refractivity contribution in [3.05, 3.63) is 120 Å². The molecule has 0 fully saturated rings. The number of azo groups is 1. The number of ether oxygens (including phenoxy) is 1. The van der Waals surface area contributed by atoms with Gasteiger partial charge in [0.2, 0.25) is 5.88 Å². The molecule has 4 rings (SSSR count). The highest BCUT2D eigenvalue weighted by atomic mass is 16.5. The molecule has 1 heterocycles. The van der Waals surface area contributed by atoms with E-state index in [0.29, 0.717) is 5.82 Å². The number of hydrogen-bond donors (Lipinski definition) is 2. The van der Waals surface area contributed by atoms with E-state index in [1.54, 1.807) is 12.1 Å². The Balaban J connectivity index is 1.75. The molecule has 3 aromatic carbocycles. The first kappa shape index (κ1) is 22.3. The van der Waals surface area contributed by atoms with Gasteiger partial charge in [-0.1, -0.05) is 91.0 Å². The highest BCUT2D eigenvalue weighted by Crippen LogP contribution is 2.41. The van der Waals surface area contributed by atoms with Crippen LogP contribution in [0.3, 0.4) is 0 Å². The van der Waals surface area contributed by atoms with Crippen molar-refractivity contribution in [2.45, 2.75) is 11.6 Å². The predicted octanol–water partition coefficient (Wildman–Crippen LogP) is 4.28. The standard InChI is InChI=1S/C26H24N4O3/c31-18-23(32)19-33-25-17-16-24(27-29-25)28-30-26(20-10-4-1-5-11-20,21-12-6-2-7-13-21)22-14-8-3-9-15-22/h1-17,23,31-32H,18-19H2. The third-order valence-electron chi connectivity index (χ3n) is 5.14. The topological polar surface area (TPSA) is 100 Å². The number of aliphatic hydroxyl groups is 2. The highest BCUT2D eigenvalue weighted by Gasteiger charge is 2.36. The van der Waals surface area contributed by atoms with Crippen molar-refractivity contribution < 1.29 is 14.9 Å². The summed E-state index contributed by atoms with van der Waals surface area (Å²) in [5.41, 5.74) is 2.03. The van der Waals surface area contributed by atoms with Crippen molar-refractivity contribution in [2.75, 3.05) is 13.2 Å². The van der Waals surface area contributed by atoms with Gasteiger partial charge >= 0.3 is 0 Å². The fourth-order valence-electron chi connectivity index (χ4n) is 3.52. The van der Waals surface area contributed by atoms with Crippen LogP contribution >= 0.6 is 0 Å². The lowest BCUT2D eigenvalue weighted by molar-refractivity contribution is 0.0518. The second-order valence-corrected chi connectivity index (χ2v) is 7.39.